The van der Waals surface area contributed by atoms with E-state index in [0.29, 0.717) is 11.3 Å². The third kappa shape index (κ3) is 5.00. The van der Waals surface area contributed by atoms with E-state index < -0.39 is 0 Å². The first kappa shape index (κ1) is 21.6. The average Bonchev–Trinajstić information content (AvgIpc) is 2.81. The lowest BCUT2D eigenvalue weighted by molar-refractivity contribution is -0.116. The second-order valence-electron chi connectivity index (χ2n) is 7.32. The number of nitrogens with zero attached hydrogens (tertiary/aromatic N) is 2. The second kappa shape index (κ2) is 9.70. The Balaban J connectivity index is 1.48. The highest BCUT2D eigenvalue weighted by Crippen LogP contribution is 2.24. The number of nitrogens with one attached hydrogen (secondary N) is 2. The van der Waals surface area contributed by atoms with Crippen molar-refractivity contribution in [1.29, 1.82) is 0 Å². The zero-order valence-corrected chi connectivity index (χ0v) is 19.0. The van der Waals surface area contributed by atoms with E-state index in [9.17, 15) is 9.59 Å². The smallest absolute Gasteiger partial charge is 0.252 e. The molecule has 0 spiro atoms. The minimum Gasteiger partial charge on any atom is -0.351 e. The third-order valence-corrected chi connectivity index (χ3v) is 5.54. The molecule has 2 amide bonds. The molecule has 4 aromatic rings. The number of pyridine rings is 2. The molecule has 160 valence electrons. The molecule has 32 heavy (non-hydrogen) atoms. The van der Waals surface area contributed by atoms with Gasteiger partial charge in [0, 0.05) is 46.5 Å². The van der Waals surface area contributed by atoms with Gasteiger partial charge in [-0.3, -0.25) is 14.6 Å². The fourth-order valence-corrected chi connectivity index (χ4v) is 3.72. The van der Waals surface area contributed by atoms with Crippen LogP contribution in [-0.2, 0) is 4.79 Å². The summed E-state index contributed by atoms with van der Waals surface area (Å²) >= 11 is 3.41. The molecule has 0 fully saturated rings. The Morgan fingerprint density at radius 3 is 2.59 bits per heavy atom. The van der Waals surface area contributed by atoms with Gasteiger partial charge in [-0.1, -0.05) is 40.2 Å². The van der Waals surface area contributed by atoms with E-state index in [1.165, 1.54) is 0 Å². The van der Waals surface area contributed by atoms with Crippen molar-refractivity contribution in [3.05, 3.63) is 88.7 Å². The van der Waals surface area contributed by atoms with Crippen LogP contribution in [0.5, 0.6) is 0 Å². The molecule has 0 atom stereocenters. The molecule has 0 aliphatic carbocycles. The number of rotatable bonds is 6. The molecule has 2 N–H and O–H groups in total. The van der Waals surface area contributed by atoms with Gasteiger partial charge in [0.15, 0.2) is 0 Å². The number of halogens is 1. The summed E-state index contributed by atoms with van der Waals surface area (Å²) in [6, 6.07) is 18.7. The van der Waals surface area contributed by atoms with Gasteiger partial charge in [0.1, 0.15) is 0 Å². The predicted molar refractivity (Wildman–Crippen MR) is 129 cm³/mol. The number of hydrogen-bond donors (Lipinski definition) is 2. The molecule has 7 heteroatoms. The van der Waals surface area contributed by atoms with Crippen LogP contribution in [-0.4, -0.2) is 28.3 Å². The molecular weight excluding hydrogens is 468 g/mol. The third-order valence-electron chi connectivity index (χ3n) is 5.05. The van der Waals surface area contributed by atoms with Crippen molar-refractivity contribution in [2.45, 2.75) is 13.3 Å². The monoisotopic (exact) mass is 488 g/mol. The number of carbonyl (C=O) groups is 2. The number of aryl methyl sites for hydroxylation is 1. The maximum absolute atomic E-state index is 13.0. The molecule has 2 aromatic heterocycles. The molecule has 0 radical (unpaired) electrons. The van der Waals surface area contributed by atoms with E-state index in [-0.39, 0.29) is 24.8 Å². The highest BCUT2D eigenvalue weighted by atomic mass is 79.9. The Kier molecular flexibility index (Phi) is 6.56. The Morgan fingerprint density at radius 2 is 1.78 bits per heavy atom. The molecule has 0 saturated heterocycles. The van der Waals surface area contributed by atoms with Gasteiger partial charge in [-0.2, -0.15) is 0 Å². The number of aromatic nitrogens is 2. The van der Waals surface area contributed by atoms with E-state index in [1.54, 1.807) is 18.5 Å². The van der Waals surface area contributed by atoms with E-state index in [4.69, 9.17) is 0 Å². The summed E-state index contributed by atoms with van der Waals surface area (Å²) in [6.07, 6.45) is 3.55. The first-order valence-corrected chi connectivity index (χ1v) is 10.9. The highest BCUT2D eigenvalue weighted by Gasteiger charge is 2.14. The number of amides is 2. The lowest BCUT2D eigenvalue weighted by atomic mass is 10.0. The maximum atomic E-state index is 13.0. The zero-order chi connectivity index (χ0) is 22.5. The minimum absolute atomic E-state index is 0.163. The van der Waals surface area contributed by atoms with Crippen LogP contribution in [0.3, 0.4) is 0 Å². The number of benzene rings is 2. The van der Waals surface area contributed by atoms with Crippen molar-refractivity contribution < 1.29 is 9.59 Å². The molecule has 2 aromatic carbocycles. The van der Waals surface area contributed by atoms with Gasteiger partial charge >= 0.3 is 0 Å². The second-order valence-corrected chi connectivity index (χ2v) is 8.24. The Morgan fingerprint density at radius 1 is 1.00 bits per heavy atom. The van der Waals surface area contributed by atoms with Crippen LogP contribution in [0.2, 0.25) is 0 Å². The lowest BCUT2D eigenvalue weighted by Crippen LogP contribution is -2.28. The molecule has 0 unspecified atom stereocenters. The van der Waals surface area contributed by atoms with Crippen molar-refractivity contribution in [3.8, 4) is 11.3 Å². The van der Waals surface area contributed by atoms with Gasteiger partial charge in [-0.05, 0) is 48.9 Å². The van der Waals surface area contributed by atoms with Gasteiger partial charge in [0.05, 0.1) is 16.8 Å². The molecular formula is C25H21BrN4O2. The standard InChI is InChI=1S/C25H21BrN4O2/c1-16-6-7-18(26)14-22(16)30-24(31)10-13-28-25(32)20-15-23(17-8-11-27-12-9-17)29-21-5-3-2-4-19(20)21/h2-9,11-12,14-15H,10,13H2,1H3,(H,28,32)(H,30,31). The number of anilines is 1. The first-order chi connectivity index (χ1) is 15.5. The lowest BCUT2D eigenvalue weighted by Gasteiger charge is -2.11. The molecule has 4 rings (SSSR count). The normalized spacial score (nSPS) is 10.7. The van der Waals surface area contributed by atoms with Crippen molar-refractivity contribution in [1.82, 2.24) is 15.3 Å². The summed E-state index contributed by atoms with van der Waals surface area (Å²) in [7, 11) is 0. The average molecular weight is 489 g/mol. The molecule has 2 heterocycles. The summed E-state index contributed by atoms with van der Waals surface area (Å²) in [4.78, 5) is 34.1. The van der Waals surface area contributed by atoms with Gasteiger partial charge in [-0.25, -0.2) is 4.98 Å². The van der Waals surface area contributed by atoms with Gasteiger partial charge < -0.3 is 10.6 Å². The summed E-state index contributed by atoms with van der Waals surface area (Å²) in [5.74, 6) is -0.408. The SMILES string of the molecule is Cc1ccc(Br)cc1NC(=O)CCNC(=O)c1cc(-c2ccncc2)nc2ccccc12. The number of carbonyl (C=O) groups excluding carboxylic acids is 2. The van der Waals surface area contributed by atoms with Crippen LogP contribution < -0.4 is 10.6 Å². The van der Waals surface area contributed by atoms with Crippen LogP contribution in [0, 0.1) is 6.92 Å². The van der Waals surface area contributed by atoms with Crippen molar-refractivity contribution in [2.75, 3.05) is 11.9 Å². The van der Waals surface area contributed by atoms with Gasteiger partial charge in [0.2, 0.25) is 5.91 Å². The fraction of sp³-hybridized carbons (Fsp3) is 0.120. The molecule has 0 bridgehead atoms. The first-order valence-electron chi connectivity index (χ1n) is 10.2. The maximum Gasteiger partial charge on any atom is 0.252 e. The number of fused-ring (bicyclic) bond motifs is 1. The summed E-state index contributed by atoms with van der Waals surface area (Å²) in [5, 5.41) is 6.51. The highest BCUT2D eigenvalue weighted by molar-refractivity contribution is 9.10. The Bertz CT molecular complexity index is 1290. The van der Waals surface area contributed by atoms with Crippen LogP contribution >= 0.6 is 15.9 Å². The van der Waals surface area contributed by atoms with Crippen molar-refractivity contribution in [2.24, 2.45) is 0 Å². The summed E-state index contributed by atoms with van der Waals surface area (Å²) in [6.45, 7) is 2.15. The van der Waals surface area contributed by atoms with Gasteiger partial charge in [-0.15, -0.1) is 0 Å². The zero-order valence-electron chi connectivity index (χ0n) is 17.4. The van der Waals surface area contributed by atoms with Crippen molar-refractivity contribution >= 4 is 44.3 Å². The Hall–Kier alpha value is -3.58. The molecule has 0 aliphatic rings. The van der Waals surface area contributed by atoms with Crippen LogP contribution in [0.25, 0.3) is 22.2 Å². The number of para-hydroxylation sites is 1. The van der Waals surface area contributed by atoms with Crippen LogP contribution in [0.4, 0.5) is 5.69 Å². The topological polar surface area (TPSA) is 84.0 Å². The molecule has 0 aliphatic heterocycles. The van der Waals surface area contributed by atoms with E-state index in [2.05, 4.69) is 36.5 Å². The Labute approximate surface area is 194 Å². The van der Waals surface area contributed by atoms with E-state index in [1.807, 2.05) is 61.5 Å². The quantitative estimate of drug-likeness (QED) is 0.394. The summed E-state index contributed by atoms with van der Waals surface area (Å²) < 4.78 is 0.890. The molecule has 6 nitrogen and oxygen atoms in total. The van der Waals surface area contributed by atoms with Crippen LogP contribution in [0.15, 0.2) is 77.5 Å². The van der Waals surface area contributed by atoms with Crippen LogP contribution in [0.1, 0.15) is 22.3 Å². The van der Waals surface area contributed by atoms with E-state index in [0.717, 1.165) is 32.2 Å². The van der Waals surface area contributed by atoms with Gasteiger partial charge in [0.25, 0.3) is 5.91 Å². The van der Waals surface area contributed by atoms with E-state index >= 15 is 0 Å². The van der Waals surface area contributed by atoms with Crippen molar-refractivity contribution in [3.63, 3.8) is 0 Å². The molecule has 0 saturated carbocycles. The number of hydrogen-bond acceptors (Lipinski definition) is 4. The minimum atomic E-state index is -0.245. The largest absolute Gasteiger partial charge is 0.351 e. The summed E-state index contributed by atoms with van der Waals surface area (Å²) in [5.41, 5.74) is 4.54. The predicted octanol–water partition coefficient (Wildman–Crippen LogP) is 5.13. The fourth-order valence-electron chi connectivity index (χ4n) is 3.36.